The van der Waals surface area contributed by atoms with Crippen molar-refractivity contribution in [3.63, 3.8) is 0 Å². The van der Waals surface area contributed by atoms with Crippen LogP contribution in [0.1, 0.15) is 42.4 Å². The Morgan fingerprint density at radius 2 is 2.19 bits per heavy atom. The number of aromatic nitrogens is 2. The minimum absolute atomic E-state index is 0.314. The summed E-state index contributed by atoms with van der Waals surface area (Å²) in [6.45, 7) is 6.13. The highest BCUT2D eigenvalue weighted by molar-refractivity contribution is 9.10. The van der Waals surface area contributed by atoms with E-state index in [0.717, 1.165) is 39.9 Å². The maximum absolute atomic E-state index is 12.5. The first-order valence-corrected chi connectivity index (χ1v) is 10.1. The monoisotopic (exact) mass is 447 g/mol. The molecule has 140 valence electrons. The van der Waals surface area contributed by atoms with E-state index in [9.17, 15) is 4.79 Å². The van der Waals surface area contributed by atoms with Crippen molar-refractivity contribution in [3.05, 3.63) is 67.0 Å². The fourth-order valence-electron chi connectivity index (χ4n) is 3.34. The Hall–Kier alpha value is -1.76. The average Bonchev–Trinajstić information content (AvgIpc) is 2.65. The van der Waals surface area contributed by atoms with E-state index in [1.165, 1.54) is 0 Å². The van der Waals surface area contributed by atoms with Crippen LogP contribution in [0.3, 0.4) is 0 Å². The fourth-order valence-corrected chi connectivity index (χ4v) is 3.98. The van der Waals surface area contributed by atoms with Gasteiger partial charge in [-0.1, -0.05) is 41.4 Å². The number of rotatable bonds is 3. The Kier molecular flexibility index (Phi) is 5.05. The third-order valence-electron chi connectivity index (χ3n) is 4.82. The van der Waals surface area contributed by atoms with E-state index in [4.69, 9.17) is 21.0 Å². The summed E-state index contributed by atoms with van der Waals surface area (Å²) in [4.78, 5) is 23.8. The van der Waals surface area contributed by atoms with E-state index < -0.39 is 0 Å². The van der Waals surface area contributed by atoms with Crippen molar-refractivity contribution in [2.45, 2.75) is 39.3 Å². The lowest BCUT2D eigenvalue weighted by molar-refractivity contribution is 0.239. The maximum Gasteiger partial charge on any atom is 0.342 e. The first-order chi connectivity index (χ1) is 12.9. The van der Waals surface area contributed by atoms with Crippen LogP contribution in [0, 0.1) is 0 Å². The fraction of sp³-hybridized carbons (Fsp3) is 0.350. The maximum atomic E-state index is 12.5. The molecule has 4 rings (SSSR count). The summed E-state index contributed by atoms with van der Waals surface area (Å²) in [6, 6.07) is 5.45. The Morgan fingerprint density at radius 1 is 1.37 bits per heavy atom. The van der Waals surface area contributed by atoms with E-state index in [0.29, 0.717) is 35.2 Å². The highest BCUT2D eigenvalue weighted by Gasteiger charge is 2.22. The smallest absolute Gasteiger partial charge is 0.342 e. The summed E-state index contributed by atoms with van der Waals surface area (Å²) in [5.74, 6) is 1.19. The summed E-state index contributed by atoms with van der Waals surface area (Å²) >= 11 is 10.0. The zero-order valence-corrected chi connectivity index (χ0v) is 17.5. The molecule has 0 saturated heterocycles. The second-order valence-corrected chi connectivity index (χ2v) is 8.43. The zero-order valence-electron chi connectivity index (χ0n) is 15.1. The highest BCUT2D eigenvalue weighted by atomic mass is 79.9. The molecule has 1 aliphatic rings. The van der Waals surface area contributed by atoms with Gasteiger partial charge in [-0.3, -0.25) is 4.90 Å². The molecule has 0 unspecified atom stereocenters. The molecule has 0 bridgehead atoms. The van der Waals surface area contributed by atoms with Crippen molar-refractivity contribution >= 4 is 38.5 Å². The van der Waals surface area contributed by atoms with Crippen molar-refractivity contribution < 1.29 is 4.42 Å². The molecule has 0 saturated carbocycles. The molecule has 0 N–H and O–H groups in total. The molecule has 0 fully saturated rings. The molecule has 2 aromatic heterocycles. The Labute approximate surface area is 170 Å². The average molecular weight is 449 g/mol. The van der Waals surface area contributed by atoms with Gasteiger partial charge in [-0.2, -0.15) is 0 Å². The molecule has 0 atom stereocenters. The molecule has 0 aliphatic carbocycles. The molecule has 7 heteroatoms. The predicted octanol–water partition coefficient (Wildman–Crippen LogP) is 4.68. The van der Waals surface area contributed by atoms with E-state index in [-0.39, 0.29) is 5.63 Å². The summed E-state index contributed by atoms with van der Waals surface area (Å²) < 4.78 is 6.36. The summed E-state index contributed by atoms with van der Waals surface area (Å²) in [5.41, 5.74) is 2.81. The van der Waals surface area contributed by atoms with Gasteiger partial charge in [-0.15, -0.1) is 0 Å². The summed E-state index contributed by atoms with van der Waals surface area (Å²) in [6.07, 6.45) is 2.74. The van der Waals surface area contributed by atoms with Crippen molar-refractivity contribution in [3.8, 4) is 0 Å². The Balaban J connectivity index is 1.63. The lowest BCUT2D eigenvalue weighted by Crippen LogP contribution is -2.33. The van der Waals surface area contributed by atoms with Crippen LogP contribution >= 0.6 is 27.5 Å². The largest absolute Gasteiger partial charge is 0.422 e. The molecule has 3 heterocycles. The number of benzene rings is 1. The van der Waals surface area contributed by atoms with Crippen molar-refractivity contribution in [1.29, 1.82) is 0 Å². The SMILES string of the molecule is CC(C)c1ncc2c(n1)CCN(Cc1c(Cl)c3cc(Br)ccc3oc1=O)C2. The molecular formula is C20H19BrClN3O2. The van der Waals surface area contributed by atoms with Gasteiger partial charge in [0, 0.05) is 59.3 Å². The Morgan fingerprint density at radius 3 is 2.96 bits per heavy atom. The molecule has 1 aliphatic heterocycles. The van der Waals surface area contributed by atoms with Crippen LogP contribution in [0.25, 0.3) is 11.0 Å². The first-order valence-electron chi connectivity index (χ1n) is 8.90. The topological polar surface area (TPSA) is 59.2 Å². The molecule has 0 amide bonds. The number of halogens is 2. The van der Waals surface area contributed by atoms with Gasteiger partial charge in [0.25, 0.3) is 0 Å². The van der Waals surface area contributed by atoms with Gasteiger partial charge in [0.2, 0.25) is 0 Å². The summed E-state index contributed by atoms with van der Waals surface area (Å²) in [7, 11) is 0. The van der Waals surface area contributed by atoms with Crippen LogP contribution in [0.5, 0.6) is 0 Å². The minimum Gasteiger partial charge on any atom is -0.422 e. The molecule has 0 spiro atoms. The van der Waals surface area contributed by atoms with Crippen LogP contribution in [-0.2, 0) is 19.5 Å². The van der Waals surface area contributed by atoms with Gasteiger partial charge >= 0.3 is 5.63 Å². The van der Waals surface area contributed by atoms with Gasteiger partial charge in [0.1, 0.15) is 11.4 Å². The van der Waals surface area contributed by atoms with Crippen LogP contribution in [0.15, 0.2) is 38.1 Å². The van der Waals surface area contributed by atoms with Crippen molar-refractivity contribution in [1.82, 2.24) is 14.9 Å². The standard InChI is InChI=1S/C20H19BrClN3O2/c1-11(2)19-23-8-12-9-25(6-5-16(12)24-19)10-15-18(22)14-7-13(21)3-4-17(14)27-20(15)26/h3-4,7-8,11H,5-6,9-10H2,1-2H3. The first kappa shape index (κ1) is 18.6. The van der Waals surface area contributed by atoms with Gasteiger partial charge in [0.15, 0.2) is 0 Å². The predicted molar refractivity (Wildman–Crippen MR) is 109 cm³/mol. The molecule has 5 nitrogen and oxygen atoms in total. The Bertz CT molecular complexity index is 1080. The highest BCUT2D eigenvalue weighted by Crippen LogP contribution is 2.29. The molecule has 0 radical (unpaired) electrons. The minimum atomic E-state index is -0.382. The lowest BCUT2D eigenvalue weighted by atomic mass is 10.1. The van der Waals surface area contributed by atoms with E-state index in [1.54, 1.807) is 6.07 Å². The molecule has 1 aromatic carbocycles. The quantitative estimate of drug-likeness (QED) is 0.545. The van der Waals surface area contributed by atoms with Crippen molar-refractivity contribution in [2.24, 2.45) is 0 Å². The van der Waals surface area contributed by atoms with E-state index >= 15 is 0 Å². The number of fused-ring (bicyclic) bond motifs is 2. The second kappa shape index (κ2) is 7.34. The van der Waals surface area contributed by atoms with Gasteiger partial charge in [0.05, 0.1) is 10.6 Å². The van der Waals surface area contributed by atoms with Crippen LogP contribution in [0.4, 0.5) is 0 Å². The third-order valence-corrected chi connectivity index (χ3v) is 5.75. The van der Waals surface area contributed by atoms with Crippen molar-refractivity contribution in [2.75, 3.05) is 6.54 Å². The van der Waals surface area contributed by atoms with Crippen LogP contribution < -0.4 is 5.63 Å². The zero-order chi connectivity index (χ0) is 19.1. The van der Waals surface area contributed by atoms with Crippen LogP contribution in [-0.4, -0.2) is 21.4 Å². The molecule has 3 aromatic rings. The van der Waals surface area contributed by atoms with Gasteiger partial charge in [-0.05, 0) is 18.2 Å². The summed E-state index contributed by atoms with van der Waals surface area (Å²) in [5, 5.41) is 1.20. The number of nitrogens with zero attached hydrogens (tertiary/aromatic N) is 3. The third kappa shape index (κ3) is 3.66. The normalized spacial score (nSPS) is 14.7. The lowest BCUT2D eigenvalue weighted by Gasteiger charge is -2.28. The number of hydrogen-bond donors (Lipinski definition) is 0. The molecular weight excluding hydrogens is 430 g/mol. The van der Waals surface area contributed by atoms with Gasteiger partial charge < -0.3 is 4.42 Å². The number of hydrogen-bond acceptors (Lipinski definition) is 5. The second-order valence-electron chi connectivity index (χ2n) is 7.14. The van der Waals surface area contributed by atoms with Gasteiger partial charge in [-0.25, -0.2) is 14.8 Å². The van der Waals surface area contributed by atoms with Crippen LogP contribution in [0.2, 0.25) is 5.02 Å². The van der Waals surface area contributed by atoms with E-state index in [1.807, 2.05) is 18.3 Å². The van der Waals surface area contributed by atoms with E-state index in [2.05, 4.69) is 39.7 Å². The molecule has 27 heavy (non-hydrogen) atoms.